The molecule has 1 aromatic carbocycles. The van der Waals surface area contributed by atoms with Crippen LogP contribution in [-0.2, 0) is 9.59 Å². The summed E-state index contributed by atoms with van der Waals surface area (Å²) in [6, 6.07) is 7.43. The zero-order chi connectivity index (χ0) is 15.4. The lowest BCUT2D eigenvalue weighted by Crippen LogP contribution is -2.52. The average molecular weight is 290 g/mol. The number of rotatable bonds is 4. The summed E-state index contributed by atoms with van der Waals surface area (Å²) < 4.78 is 5.76. The van der Waals surface area contributed by atoms with E-state index < -0.39 is 6.10 Å². The van der Waals surface area contributed by atoms with Crippen LogP contribution in [0.5, 0.6) is 5.75 Å². The summed E-state index contributed by atoms with van der Waals surface area (Å²) in [7, 11) is 0. The largest absolute Gasteiger partial charge is 0.477 e. The van der Waals surface area contributed by atoms with E-state index in [1.807, 2.05) is 32.0 Å². The van der Waals surface area contributed by atoms with Crippen molar-refractivity contribution < 1.29 is 14.3 Å². The van der Waals surface area contributed by atoms with Crippen molar-refractivity contribution in [3.05, 3.63) is 24.3 Å². The van der Waals surface area contributed by atoms with Crippen LogP contribution in [0.2, 0.25) is 0 Å². The molecule has 0 bridgehead atoms. The number of hydrogen-bond acceptors (Lipinski definition) is 3. The molecule has 0 aromatic heterocycles. The Morgan fingerprint density at radius 1 is 1.33 bits per heavy atom. The third kappa shape index (κ3) is 3.35. The zero-order valence-electron chi connectivity index (χ0n) is 12.8. The van der Waals surface area contributed by atoms with Crippen LogP contribution < -0.4 is 15.0 Å². The van der Waals surface area contributed by atoms with E-state index in [-0.39, 0.29) is 24.4 Å². The molecule has 2 rings (SSSR count). The maximum absolute atomic E-state index is 12.3. The molecule has 0 unspecified atom stereocenters. The van der Waals surface area contributed by atoms with Crippen LogP contribution in [-0.4, -0.2) is 30.5 Å². The van der Waals surface area contributed by atoms with Crippen LogP contribution in [0.15, 0.2) is 24.3 Å². The predicted octanol–water partition coefficient (Wildman–Crippen LogP) is 2.11. The van der Waals surface area contributed by atoms with E-state index in [0.717, 1.165) is 18.5 Å². The second kappa shape index (κ2) is 6.61. The topological polar surface area (TPSA) is 58.6 Å². The molecule has 5 heteroatoms. The number of benzene rings is 1. The highest BCUT2D eigenvalue weighted by molar-refractivity contribution is 5.95. The molecule has 0 saturated heterocycles. The maximum Gasteiger partial charge on any atom is 0.263 e. The SMILES string of the molecule is CCC(CC)NC(=O)[C@H]1CN(C(C)=O)c2ccccc2O1. The third-order valence-corrected chi connectivity index (χ3v) is 3.78. The Bertz CT molecular complexity index is 526. The molecule has 2 amide bonds. The minimum Gasteiger partial charge on any atom is -0.477 e. The first kappa shape index (κ1) is 15.4. The van der Waals surface area contributed by atoms with E-state index in [2.05, 4.69) is 5.32 Å². The molecular weight excluding hydrogens is 268 g/mol. The van der Waals surface area contributed by atoms with Gasteiger partial charge in [0, 0.05) is 13.0 Å². The van der Waals surface area contributed by atoms with Gasteiger partial charge in [0.25, 0.3) is 5.91 Å². The summed E-state index contributed by atoms with van der Waals surface area (Å²) >= 11 is 0. The van der Waals surface area contributed by atoms with Gasteiger partial charge in [-0.3, -0.25) is 9.59 Å². The van der Waals surface area contributed by atoms with Crippen LogP contribution in [0.25, 0.3) is 0 Å². The minimum atomic E-state index is -0.663. The van der Waals surface area contributed by atoms with Crippen molar-refractivity contribution in [1.82, 2.24) is 5.32 Å². The molecule has 21 heavy (non-hydrogen) atoms. The second-order valence-electron chi connectivity index (χ2n) is 5.23. The van der Waals surface area contributed by atoms with Gasteiger partial charge in [0.05, 0.1) is 12.2 Å². The normalized spacial score (nSPS) is 17.1. The van der Waals surface area contributed by atoms with Gasteiger partial charge >= 0.3 is 0 Å². The first-order valence-corrected chi connectivity index (χ1v) is 7.41. The van der Waals surface area contributed by atoms with E-state index in [4.69, 9.17) is 4.74 Å². The van der Waals surface area contributed by atoms with E-state index in [1.165, 1.54) is 6.92 Å². The van der Waals surface area contributed by atoms with Gasteiger partial charge in [-0.05, 0) is 25.0 Å². The highest BCUT2D eigenvalue weighted by Crippen LogP contribution is 2.33. The Labute approximate surface area is 125 Å². The van der Waals surface area contributed by atoms with Gasteiger partial charge < -0.3 is 15.0 Å². The summed E-state index contributed by atoms with van der Waals surface area (Å²) in [4.78, 5) is 25.7. The number of nitrogens with zero attached hydrogens (tertiary/aromatic N) is 1. The number of para-hydroxylation sites is 2. The monoisotopic (exact) mass is 290 g/mol. The molecule has 0 saturated carbocycles. The van der Waals surface area contributed by atoms with E-state index in [1.54, 1.807) is 11.0 Å². The van der Waals surface area contributed by atoms with Gasteiger partial charge in [-0.15, -0.1) is 0 Å². The first-order chi connectivity index (χ1) is 10.1. The lowest BCUT2D eigenvalue weighted by atomic mass is 10.1. The molecule has 0 aliphatic carbocycles. The zero-order valence-corrected chi connectivity index (χ0v) is 12.8. The molecule has 0 radical (unpaired) electrons. The Hall–Kier alpha value is -2.04. The average Bonchev–Trinajstić information content (AvgIpc) is 2.51. The molecule has 5 nitrogen and oxygen atoms in total. The van der Waals surface area contributed by atoms with Gasteiger partial charge in [0.1, 0.15) is 5.75 Å². The minimum absolute atomic E-state index is 0.0916. The van der Waals surface area contributed by atoms with Crippen molar-refractivity contribution in [3.8, 4) is 5.75 Å². The molecule has 1 heterocycles. The van der Waals surface area contributed by atoms with Crippen LogP contribution in [0, 0.1) is 0 Å². The highest BCUT2D eigenvalue weighted by atomic mass is 16.5. The van der Waals surface area contributed by atoms with E-state index in [0.29, 0.717) is 5.75 Å². The molecular formula is C16H22N2O3. The van der Waals surface area contributed by atoms with Gasteiger partial charge in [-0.2, -0.15) is 0 Å². The Balaban J connectivity index is 2.17. The molecule has 1 aliphatic heterocycles. The Morgan fingerprint density at radius 2 is 2.00 bits per heavy atom. The van der Waals surface area contributed by atoms with Crippen LogP contribution >= 0.6 is 0 Å². The standard InChI is InChI=1S/C16H22N2O3/c1-4-12(5-2)17-16(20)15-10-18(11(3)19)13-8-6-7-9-14(13)21-15/h6-9,12,15H,4-5,10H2,1-3H3,(H,17,20)/t15-/m1/s1. The lowest BCUT2D eigenvalue weighted by Gasteiger charge is -2.34. The quantitative estimate of drug-likeness (QED) is 0.924. The number of ether oxygens (including phenoxy) is 1. The van der Waals surface area contributed by atoms with Gasteiger partial charge in [-0.25, -0.2) is 0 Å². The molecule has 1 N–H and O–H groups in total. The molecule has 0 fully saturated rings. The van der Waals surface area contributed by atoms with Crippen molar-refractivity contribution in [2.45, 2.75) is 45.8 Å². The summed E-state index contributed by atoms with van der Waals surface area (Å²) in [6.45, 7) is 5.82. The smallest absolute Gasteiger partial charge is 0.263 e. The molecule has 1 atom stereocenters. The fourth-order valence-corrected chi connectivity index (χ4v) is 2.46. The van der Waals surface area contributed by atoms with E-state index >= 15 is 0 Å². The van der Waals surface area contributed by atoms with E-state index in [9.17, 15) is 9.59 Å². The fourth-order valence-electron chi connectivity index (χ4n) is 2.46. The molecule has 1 aromatic rings. The van der Waals surface area contributed by atoms with Gasteiger partial charge in [0.15, 0.2) is 6.10 Å². The Kier molecular flexibility index (Phi) is 4.83. The van der Waals surface area contributed by atoms with Crippen LogP contribution in [0.1, 0.15) is 33.6 Å². The fraction of sp³-hybridized carbons (Fsp3) is 0.500. The van der Waals surface area contributed by atoms with Crippen LogP contribution in [0.3, 0.4) is 0 Å². The number of amides is 2. The Morgan fingerprint density at radius 3 is 2.62 bits per heavy atom. The van der Waals surface area contributed by atoms with Gasteiger partial charge in [-0.1, -0.05) is 26.0 Å². The van der Waals surface area contributed by atoms with Gasteiger partial charge in [0.2, 0.25) is 5.91 Å². The predicted molar refractivity (Wildman–Crippen MR) is 81.4 cm³/mol. The lowest BCUT2D eigenvalue weighted by molar-refractivity contribution is -0.129. The number of nitrogens with one attached hydrogen (secondary N) is 1. The third-order valence-electron chi connectivity index (χ3n) is 3.78. The summed E-state index contributed by atoms with van der Waals surface area (Å²) in [5.41, 5.74) is 0.719. The number of fused-ring (bicyclic) bond motifs is 1. The number of carbonyl (C=O) groups excluding carboxylic acids is 2. The molecule has 1 aliphatic rings. The van der Waals surface area contributed by atoms with Crippen molar-refractivity contribution in [3.63, 3.8) is 0 Å². The van der Waals surface area contributed by atoms with Crippen molar-refractivity contribution in [2.75, 3.05) is 11.4 Å². The number of hydrogen-bond donors (Lipinski definition) is 1. The second-order valence-corrected chi connectivity index (χ2v) is 5.23. The molecule has 114 valence electrons. The van der Waals surface area contributed by atoms with Crippen molar-refractivity contribution >= 4 is 17.5 Å². The van der Waals surface area contributed by atoms with Crippen molar-refractivity contribution in [1.29, 1.82) is 0 Å². The van der Waals surface area contributed by atoms with Crippen molar-refractivity contribution in [2.24, 2.45) is 0 Å². The summed E-state index contributed by atoms with van der Waals surface area (Å²) in [6.07, 6.45) is 1.09. The highest BCUT2D eigenvalue weighted by Gasteiger charge is 2.32. The number of anilines is 1. The summed E-state index contributed by atoms with van der Waals surface area (Å²) in [5, 5.41) is 2.97. The first-order valence-electron chi connectivity index (χ1n) is 7.41. The van der Waals surface area contributed by atoms with Crippen LogP contribution in [0.4, 0.5) is 5.69 Å². The summed E-state index contributed by atoms with van der Waals surface area (Å²) in [5.74, 6) is 0.319. The molecule has 0 spiro atoms. The number of carbonyl (C=O) groups is 2. The maximum atomic E-state index is 12.3.